The zero-order chi connectivity index (χ0) is 8.27. The summed E-state index contributed by atoms with van der Waals surface area (Å²) in [7, 11) is 0. The molecule has 0 aromatic rings. The molecular formula is C9H13NS. The lowest BCUT2D eigenvalue weighted by Crippen LogP contribution is -1.93. The highest BCUT2D eigenvalue weighted by Gasteiger charge is 2.10. The predicted octanol–water partition coefficient (Wildman–Crippen LogP) is 3.00. The maximum absolute atomic E-state index is 4.38. The van der Waals surface area contributed by atoms with Crippen molar-refractivity contribution in [3.8, 4) is 0 Å². The number of rotatable bonds is 1. The Morgan fingerprint density at radius 2 is 2.27 bits per heavy atom. The molecule has 0 unspecified atom stereocenters. The van der Waals surface area contributed by atoms with Crippen LogP contribution in [0.15, 0.2) is 27.0 Å². The minimum absolute atomic E-state index is 0.872. The first-order valence-electron chi connectivity index (χ1n) is 3.81. The van der Waals surface area contributed by atoms with Gasteiger partial charge in [-0.3, -0.25) is 4.99 Å². The number of allylic oxidation sites excluding steroid dienone is 3. The summed E-state index contributed by atoms with van der Waals surface area (Å²) in [5.74, 6) is 0. The van der Waals surface area contributed by atoms with Gasteiger partial charge in [0.15, 0.2) is 0 Å². The van der Waals surface area contributed by atoms with E-state index >= 15 is 0 Å². The summed E-state index contributed by atoms with van der Waals surface area (Å²) < 4.78 is 0. The van der Waals surface area contributed by atoms with Crippen molar-refractivity contribution < 1.29 is 0 Å². The normalized spacial score (nSPS) is 19.9. The topological polar surface area (TPSA) is 12.4 Å². The van der Waals surface area contributed by atoms with Crippen LogP contribution in [0.5, 0.6) is 0 Å². The van der Waals surface area contributed by atoms with Gasteiger partial charge < -0.3 is 0 Å². The molecule has 2 heteroatoms. The Morgan fingerprint density at radius 3 is 2.82 bits per heavy atom. The lowest BCUT2D eigenvalue weighted by Gasteiger charge is -1.99. The van der Waals surface area contributed by atoms with Crippen LogP contribution in [0.25, 0.3) is 0 Å². The maximum Gasteiger partial charge on any atom is 0.0717 e. The van der Waals surface area contributed by atoms with Crippen molar-refractivity contribution in [2.24, 2.45) is 4.99 Å². The lowest BCUT2D eigenvalue weighted by molar-refractivity contribution is 1.13. The lowest BCUT2D eigenvalue weighted by atomic mass is 10.2. The summed E-state index contributed by atoms with van der Waals surface area (Å²) in [4.78, 5) is 5.70. The molecule has 0 aromatic carbocycles. The highest BCUT2D eigenvalue weighted by Crippen LogP contribution is 2.28. The zero-order valence-electron chi connectivity index (χ0n) is 7.22. The Kier molecular flexibility index (Phi) is 2.94. The molecule has 0 fully saturated rings. The molecule has 0 saturated heterocycles. The average molecular weight is 167 g/mol. The molecule has 0 radical (unpaired) electrons. The molecule has 1 aliphatic rings. The summed E-state index contributed by atoms with van der Waals surface area (Å²) in [6, 6.07) is 0. The minimum Gasteiger partial charge on any atom is -0.284 e. The van der Waals surface area contributed by atoms with Gasteiger partial charge in [-0.05, 0) is 32.3 Å². The van der Waals surface area contributed by atoms with Gasteiger partial charge >= 0.3 is 0 Å². The van der Waals surface area contributed by atoms with E-state index in [4.69, 9.17) is 0 Å². The second-order valence-corrected chi connectivity index (χ2v) is 3.53. The van der Waals surface area contributed by atoms with Gasteiger partial charge in [0.25, 0.3) is 0 Å². The molecule has 0 aromatic heterocycles. The average Bonchev–Trinajstić information content (AvgIpc) is 2.36. The van der Waals surface area contributed by atoms with Crippen LogP contribution >= 0.6 is 11.8 Å². The van der Waals surface area contributed by atoms with E-state index in [9.17, 15) is 0 Å². The minimum atomic E-state index is 0.872. The van der Waals surface area contributed by atoms with Gasteiger partial charge in [0.1, 0.15) is 0 Å². The highest BCUT2D eigenvalue weighted by molar-refractivity contribution is 8.07. The summed E-state index contributed by atoms with van der Waals surface area (Å²) >= 11 is 1.77. The van der Waals surface area contributed by atoms with E-state index in [2.05, 4.69) is 37.2 Å². The quantitative estimate of drug-likeness (QED) is 0.585. The highest BCUT2D eigenvalue weighted by atomic mass is 32.2. The van der Waals surface area contributed by atoms with Crippen molar-refractivity contribution in [1.82, 2.24) is 0 Å². The van der Waals surface area contributed by atoms with Crippen LogP contribution in [0.2, 0.25) is 0 Å². The van der Waals surface area contributed by atoms with Crippen LogP contribution in [-0.2, 0) is 0 Å². The Morgan fingerprint density at radius 1 is 1.55 bits per heavy atom. The standard InChI is InChI=1S/C9H13NS/c1-4-10-8-5-6-11-9(8)7(2)3/h5-6H,4H2,1-3H3. The first-order valence-corrected chi connectivity index (χ1v) is 4.69. The Balaban J connectivity index is 2.89. The predicted molar refractivity (Wildman–Crippen MR) is 53.1 cm³/mol. The summed E-state index contributed by atoms with van der Waals surface area (Å²) in [6.45, 7) is 7.18. The van der Waals surface area contributed by atoms with Gasteiger partial charge in [-0.2, -0.15) is 0 Å². The van der Waals surface area contributed by atoms with E-state index in [0.29, 0.717) is 0 Å². The number of hydrogen-bond donors (Lipinski definition) is 0. The molecule has 0 aliphatic carbocycles. The maximum atomic E-state index is 4.38. The molecule has 1 nitrogen and oxygen atoms in total. The van der Waals surface area contributed by atoms with Gasteiger partial charge in [-0.25, -0.2) is 0 Å². The fourth-order valence-electron chi connectivity index (χ4n) is 0.971. The van der Waals surface area contributed by atoms with E-state index in [1.807, 2.05) is 0 Å². The van der Waals surface area contributed by atoms with E-state index in [1.54, 1.807) is 11.8 Å². The fourth-order valence-corrected chi connectivity index (χ4v) is 1.79. The zero-order valence-corrected chi connectivity index (χ0v) is 8.03. The van der Waals surface area contributed by atoms with Crippen LogP contribution in [-0.4, -0.2) is 12.3 Å². The third kappa shape index (κ3) is 1.96. The molecule has 60 valence electrons. The van der Waals surface area contributed by atoms with Crippen LogP contribution in [0.4, 0.5) is 0 Å². The Labute approximate surface area is 72.3 Å². The van der Waals surface area contributed by atoms with Crippen LogP contribution in [0.3, 0.4) is 0 Å². The van der Waals surface area contributed by atoms with Crippen LogP contribution in [0, 0.1) is 0 Å². The molecule has 11 heavy (non-hydrogen) atoms. The van der Waals surface area contributed by atoms with Crippen LogP contribution < -0.4 is 0 Å². The monoisotopic (exact) mass is 167 g/mol. The first-order chi connectivity index (χ1) is 5.25. The first kappa shape index (κ1) is 8.60. The van der Waals surface area contributed by atoms with Crippen molar-refractivity contribution in [1.29, 1.82) is 0 Å². The molecule has 0 spiro atoms. The van der Waals surface area contributed by atoms with Gasteiger partial charge in [0.2, 0.25) is 0 Å². The molecule has 0 amide bonds. The summed E-state index contributed by atoms with van der Waals surface area (Å²) in [5.41, 5.74) is 2.50. The number of hydrogen-bond acceptors (Lipinski definition) is 2. The fraction of sp³-hybridized carbons (Fsp3) is 0.444. The van der Waals surface area contributed by atoms with Crippen molar-refractivity contribution in [2.75, 3.05) is 6.54 Å². The number of nitrogens with zero attached hydrogens (tertiary/aromatic N) is 1. The van der Waals surface area contributed by atoms with Crippen molar-refractivity contribution in [3.63, 3.8) is 0 Å². The van der Waals surface area contributed by atoms with Gasteiger partial charge in [-0.1, -0.05) is 17.3 Å². The molecule has 0 N–H and O–H groups in total. The summed E-state index contributed by atoms with van der Waals surface area (Å²) in [5, 5.41) is 2.09. The third-order valence-electron chi connectivity index (χ3n) is 1.43. The van der Waals surface area contributed by atoms with E-state index in [-0.39, 0.29) is 0 Å². The third-order valence-corrected chi connectivity index (χ3v) is 2.55. The van der Waals surface area contributed by atoms with Crippen LogP contribution in [0.1, 0.15) is 20.8 Å². The molecule has 0 atom stereocenters. The van der Waals surface area contributed by atoms with Gasteiger partial charge in [-0.15, -0.1) is 0 Å². The van der Waals surface area contributed by atoms with Gasteiger partial charge in [0.05, 0.1) is 5.71 Å². The molecule has 1 rings (SSSR count). The number of thioether (sulfide) groups is 1. The van der Waals surface area contributed by atoms with E-state index < -0.39 is 0 Å². The van der Waals surface area contributed by atoms with E-state index in [0.717, 1.165) is 12.3 Å². The second kappa shape index (κ2) is 3.77. The van der Waals surface area contributed by atoms with E-state index in [1.165, 1.54) is 10.5 Å². The molecule has 1 heterocycles. The Bertz CT molecular complexity index is 232. The van der Waals surface area contributed by atoms with Gasteiger partial charge in [0, 0.05) is 11.4 Å². The molecule has 1 aliphatic heterocycles. The summed E-state index contributed by atoms with van der Waals surface area (Å²) in [6.07, 6.45) is 2.08. The molecular weight excluding hydrogens is 154 g/mol. The largest absolute Gasteiger partial charge is 0.284 e. The molecule has 0 saturated carbocycles. The number of aliphatic imine (C=N–C) groups is 1. The SMILES string of the molecule is CCN=C1C=CSC1=C(C)C. The van der Waals surface area contributed by atoms with Crippen molar-refractivity contribution >= 4 is 17.5 Å². The second-order valence-electron chi connectivity index (χ2n) is 2.61. The van der Waals surface area contributed by atoms with Crippen molar-refractivity contribution in [2.45, 2.75) is 20.8 Å². The van der Waals surface area contributed by atoms with Crippen molar-refractivity contribution in [3.05, 3.63) is 22.0 Å². The molecule has 0 bridgehead atoms. The smallest absolute Gasteiger partial charge is 0.0717 e. The Hall–Kier alpha value is -0.500.